The number of aliphatic imine (C=N–C) groups is 1. The molecule has 5 rings (SSSR count). The van der Waals surface area contributed by atoms with Crippen LogP contribution in [0.15, 0.2) is 105 Å². The van der Waals surface area contributed by atoms with E-state index in [1.54, 1.807) is 48.5 Å². The van der Waals surface area contributed by atoms with E-state index < -0.39 is 35.6 Å². The third kappa shape index (κ3) is 4.81. The largest absolute Gasteiger partial charge is 0.506 e. The molecule has 0 aliphatic rings. The van der Waals surface area contributed by atoms with E-state index in [0.29, 0.717) is 22.7 Å². The second kappa shape index (κ2) is 9.43. The van der Waals surface area contributed by atoms with Crippen molar-refractivity contribution in [1.82, 2.24) is 4.57 Å². The van der Waals surface area contributed by atoms with Crippen LogP contribution in [0.1, 0.15) is 12.5 Å². The standard InChI is InChI=1S/C27H20N2O8S2/c1-16(25-26(30)21-9-5-6-10-23(21)29(27(25)31)19-7-3-2-4-8-19)28-18-12-11-17-13-20(38(32,33)34)15-24(22(17)14-18)39(35,36)37/h2-15,30H,1H3,(H,32,33,34)(H,35,36,37). The zero-order chi connectivity index (χ0) is 28.1. The molecule has 12 heteroatoms. The Hall–Kier alpha value is -4.36. The first-order valence-corrected chi connectivity index (χ1v) is 14.2. The molecule has 0 saturated carbocycles. The highest BCUT2D eigenvalue weighted by Gasteiger charge is 2.22. The van der Waals surface area contributed by atoms with Gasteiger partial charge in [-0.05, 0) is 60.8 Å². The lowest BCUT2D eigenvalue weighted by molar-refractivity contribution is 0.478. The van der Waals surface area contributed by atoms with Gasteiger partial charge in [-0.3, -0.25) is 23.5 Å². The number of rotatable bonds is 5. The topological polar surface area (TPSA) is 163 Å². The van der Waals surface area contributed by atoms with Gasteiger partial charge in [0.1, 0.15) is 16.2 Å². The predicted molar refractivity (Wildman–Crippen MR) is 147 cm³/mol. The van der Waals surface area contributed by atoms with Crippen LogP contribution in [0.4, 0.5) is 5.69 Å². The first-order valence-electron chi connectivity index (χ1n) is 11.4. The molecule has 10 nitrogen and oxygen atoms in total. The molecule has 39 heavy (non-hydrogen) atoms. The predicted octanol–water partition coefficient (Wildman–Crippen LogP) is 4.48. The van der Waals surface area contributed by atoms with Gasteiger partial charge in [-0.1, -0.05) is 36.4 Å². The number of para-hydroxylation sites is 2. The molecular weight excluding hydrogens is 544 g/mol. The molecule has 0 radical (unpaired) electrons. The van der Waals surface area contributed by atoms with Gasteiger partial charge < -0.3 is 5.11 Å². The van der Waals surface area contributed by atoms with Crippen molar-refractivity contribution >= 4 is 53.3 Å². The molecule has 0 spiro atoms. The summed E-state index contributed by atoms with van der Waals surface area (Å²) in [6.07, 6.45) is 0. The Labute approximate surface area is 222 Å². The van der Waals surface area contributed by atoms with Gasteiger partial charge in [-0.2, -0.15) is 16.8 Å². The maximum atomic E-state index is 13.7. The third-order valence-corrected chi connectivity index (χ3v) is 7.90. The van der Waals surface area contributed by atoms with Crippen LogP contribution < -0.4 is 5.56 Å². The van der Waals surface area contributed by atoms with E-state index in [4.69, 9.17) is 0 Å². The molecule has 0 saturated heterocycles. The van der Waals surface area contributed by atoms with E-state index in [1.165, 1.54) is 29.7 Å². The van der Waals surface area contributed by atoms with Gasteiger partial charge in [-0.25, -0.2) is 0 Å². The Bertz CT molecular complexity index is 2100. The number of hydrogen-bond donors (Lipinski definition) is 3. The van der Waals surface area contributed by atoms with Crippen molar-refractivity contribution in [3.05, 3.63) is 101 Å². The molecule has 5 aromatic rings. The Morgan fingerprint density at radius 3 is 2.13 bits per heavy atom. The first kappa shape index (κ1) is 26.3. The summed E-state index contributed by atoms with van der Waals surface area (Å²) >= 11 is 0. The summed E-state index contributed by atoms with van der Waals surface area (Å²) in [5, 5.41) is 11.5. The van der Waals surface area contributed by atoms with Crippen molar-refractivity contribution in [2.45, 2.75) is 16.7 Å². The quantitative estimate of drug-likeness (QED) is 0.208. The second-order valence-electron chi connectivity index (χ2n) is 8.69. The van der Waals surface area contributed by atoms with Crippen molar-refractivity contribution in [2.24, 2.45) is 4.99 Å². The minimum absolute atomic E-state index is 0.0663. The van der Waals surface area contributed by atoms with E-state index in [-0.39, 0.29) is 33.5 Å². The highest BCUT2D eigenvalue weighted by molar-refractivity contribution is 7.86. The van der Waals surface area contributed by atoms with Gasteiger partial charge in [0.25, 0.3) is 25.8 Å². The fraction of sp³-hybridized carbons (Fsp3) is 0.0370. The lowest BCUT2D eigenvalue weighted by Gasteiger charge is -2.15. The molecule has 1 aromatic heterocycles. The average molecular weight is 565 g/mol. The molecule has 3 N–H and O–H groups in total. The van der Waals surface area contributed by atoms with Crippen molar-refractivity contribution in [2.75, 3.05) is 0 Å². The maximum absolute atomic E-state index is 13.7. The van der Waals surface area contributed by atoms with Crippen LogP contribution in [0.2, 0.25) is 0 Å². The molecule has 0 fully saturated rings. The SMILES string of the molecule is CC(=Nc1ccc2cc(S(=O)(=O)O)cc(S(=O)(=O)O)c2c1)c1c(O)c2ccccc2n(-c2ccccc2)c1=O. The Balaban J connectivity index is 1.75. The summed E-state index contributed by atoms with van der Waals surface area (Å²) in [6.45, 7) is 1.51. The summed E-state index contributed by atoms with van der Waals surface area (Å²) in [6, 6.07) is 21.5. The van der Waals surface area contributed by atoms with Crippen LogP contribution in [-0.2, 0) is 20.2 Å². The number of nitrogens with zero attached hydrogens (tertiary/aromatic N) is 2. The lowest BCUT2D eigenvalue weighted by atomic mass is 10.1. The Morgan fingerprint density at radius 1 is 0.795 bits per heavy atom. The van der Waals surface area contributed by atoms with Gasteiger partial charge in [0.15, 0.2) is 0 Å². The second-order valence-corrected chi connectivity index (χ2v) is 11.5. The number of fused-ring (bicyclic) bond motifs is 2. The third-order valence-electron chi connectivity index (χ3n) is 6.18. The van der Waals surface area contributed by atoms with E-state index in [0.717, 1.165) is 6.07 Å². The molecule has 0 amide bonds. The van der Waals surface area contributed by atoms with E-state index in [2.05, 4.69) is 4.99 Å². The molecule has 1 heterocycles. The van der Waals surface area contributed by atoms with Gasteiger partial charge in [0, 0.05) is 16.5 Å². The van der Waals surface area contributed by atoms with E-state index in [1.807, 2.05) is 6.07 Å². The highest BCUT2D eigenvalue weighted by atomic mass is 32.2. The number of hydrogen-bond acceptors (Lipinski definition) is 7. The number of benzene rings is 4. The zero-order valence-corrected chi connectivity index (χ0v) is 21.8. The molecule has 0 bridgehead atoms. The van der Waals surface area contributed by atoms with Crippen LogP contribution in [0.25, 0.3) is 27.4 Å². The summed E-state index contributed by atoms with van der Waals surface area (Å²) in [7, 11) is -9.67. The smallest absolute Gasteiger partial charge is 0.295 e. The number of aromatic hydroxyl groups is 1. The number of aromatic nitrogens is 1. The highest BCUT2D eigenvalue weighted by Crippen LogP contribution is 2.32. The van der Waals surface area contributed by atoms with Crippen LogP contribution in [0.5, 0.6) is 5.75 Å². The molecule has 0 atom stereocenters. The van der Waals surface area contributed by atoms with Crippen LogP contribution in [-0.4, -0.2) is 41.3 Å². The summed E-state index contributed by atoms with van der Waals surface area (Å²) in [4.78, 5) is 16.7. The Morgan fingerprint density at radius 2 is 1.46 bits per heavy atom. The fourth-order valence-corrected chi connectivity index (χ4v) is 5.80. The van der Waals surface area contributed by atoms with Crippen molar-refractivity contribution in [3.63, 3.8) is 0 Å². The number of pyridine rings is 1. The van der Waals surface area contributed by atoms with Crippen molar-refractivity contribution in [1.29, 1.82) is 0 Å². The molecule has 0 unspecified atom stereocenters. The first-order chi connectivity index (χ1) is 18.4. The summed E-state index contributed by atoms with van der Waals surface area (Å²) in [5.41, 5.74) is 0.731. The van der Waals surface area contributed by atoms with Crippen LogP contribution in [0.3, 0.4) is 0 Å². The molecule has 0 aliphatic heterocycles. The van der Waals surface area contributed by atoms with Crippen LogP contribution >= 0.6 is 0 Å². The fourth-order valence-electron chi connectivity index (χ4n) is 4.45. The maximum Gasteiger partial charge on any atom is 0.295 e. The van der Waals surface area contributed by atoms with Crippen LogP contribution in [0, 0.1) is 0 Å². The normalized spacial score (nSPS) is 12.7. The molecular formula is C27H20N2O8S2. The van der Waals surface area contributed by atoms with E-state index >= 15 is 0 Å². The van der Waals surface area contributed by atoms with E-state index in [9.17, 15) is 35.8 Å². The molecule has 4 aromatic carbocycles. The average Bonchev–Trinajstić information content (AvgIpc) is 2.87. The summed E-state index contributed by atoms with van der Waals surface area (Å²) < 4.78 is 67.9. The van der Waals surface area contributed by atoms with Crippen molar-refractivity contribution in [3.8, 4) is 11.4 Å². The van der Waals surface area contributed by atoms with Crippen molar-refractivity contribution < 1.29 is 31.0 Å². The van der Waals surface area contributed by atoms with Gasteiger partial charge in [0.2, 0.25) is 0 Å². The summed E-state index contributed by atoms with van der Waals surface area (Å²) in [5.74, 6) is -0.277. The van der Waals surface area contributed by atoms with Gasteiger partial charge in [0.05, 0.1) is 21.8 Å². The minimum atomic E-state index is -4.90. The van der Waals surface area contributed by atoms with Gasteiger partial charge in [-0.15, -0.1) is 0 Å². The van der Waals surface area contributed by atoms with Gasteiger partial charge >= 0.3 is 0 Å². The zero-order valence-electron chi connectivity index (χ0n) is 20.2. The minimum Gasteiger partial charge on any atom is -0.506 e. The Kier molecular flexibility index (Phi) is 6.35. The molecule has 198 valence electrons. The monoisotopic (exact) mass is 564 g/mol. The lowest BCUT2D eigenvalue weighted by Crippen LogP contribution is -2.25. The molecule has 0 aliphatic carbocycles.